The van der Waals surface area contributed by atoms with Crippen molar-refractivity contribution < 1.29 is 13.9 Å². The number of amides is 1. The molecule has 9 nitrogen and oxygen atoms in total. The number of hydrogen-bond donors (Lipinski definition) is 0. The summed E-state index contributed by atoms with van der Waals surface area (Å²) in [6.07, 6.45) is -0.267. The zero-order valence-corrected chi connectivity index (χ0v) is 17.9. The molecule has 30 heavy (non-hydrogen) atoms. The van der Waals surface area contributed by atoms with Gasteiger partial charge in [0.05, 0.1) is 12.1 Å². The smallest absolute Gasteiger partial charge is 0.409 e. The highest BCUT2D eigenvalue weighted by molar-refractivity contribution is 5.77. The highest BCUT2D eigenvalue weighted by atomic mass is 16.6. The number of nitrogens with zero attached hydrogens (tertiary/aromatic N) is 6. The van der Waals surface area contributed by atoms with E-state index in [-0.39, 0.29) is 17.7 Å². The Bertz CT molecular complexity index is 980. The van der Waals surface area contributed by atoms with Gasteiger partial charge in [0.25, 0.3) is 0 Å². The Kier molecular flexibility index (Phi) is 5.46. The maximum Gasteiger partial charge on any atom is 0.409 e. The van der Waals surface area contributed by atoms with Crippen LogP contribution in [0.25, 0.3) is 11.0 Å². The first-order chi connectivity index (χ1) is 14.4. The maximum atomic E-state index is 12.1. The van der Waals surface area contributed by atoms with Crippen LogP contribution in [0.4, 0.5) is 4.79 Å². The molecule has 160 valence electrons. The second-order valence-corrected chi connectivity index (χ2v) is 8.43. The monoisotopic (exact) mass is 412 g/mol. The Hall–Kier alpha value is -2.94. The molecule has 9 heteroatoms. The first-order valence-electron chi connectivity index (χ1n) is 10.3. The van der Waals surface area contributed by atoms with Crippen molar-refractivity contribution in [3.8, 4) is 0 Å². The molecular weight excluding hydrogens is 384 g/mol. The largest absolute Gasteiger partial charge is 0.459 e. The molecule has 0 N–H and O–H groups in total. The van der Waals surface area contributed by atoms with Gasteiger partial charge in [-0.05, 0) is 50.3 Å². The summed E-state index contributed by atoms with van der Waals surface area (Å²) in [5.74, 6) is 1.52. The van der Waals surface area contributed by atoms with Crippen molar-refractivity contribution in [1.82, 2.24) is 30.0 Å². The van der Waals surface area contributed by atoms with E-state index in [0.717, 1.165) is 22.6 Å². The Labute approximate surface area is 175 Å². The van der Waals surface area contributed by atoms with Crippen LogP contribution in [0.15, 0.2) is 34.7 Å². The minimum atomic E-state index is -0.282. The number of ether oxygens (including phenoxy) is 1. The average Bonchev–Trinajstić information content (AvgIpc) is 3.36. The average molecular weight is 412 g/mol. The van der Waals surface area contributed by atoms with Crippen LogP contribution in [0.2, 0.25) is 0 Å². The van der Waals surface area contributed by atoms with Gasteiger partial charge in [-0.3, -0.25) is 4.90 Å². The molecule has 3 heterocycles. The number of piperazine rings is 1. The van der Waals surface area contributed by atoms with Crippen molar-refractivity contribution in [2.45, 2.75) is 39.3 Å². The molecule has 0 saturated carbocycles. The van der Waals surface area contributed by atoms with Gasteiger partial charge in [0.2, 0.25) is 0 Å². The van der Waals surface area contributed by atoms with Crippen molar-refractivity contribution in [3.05, 3.63) is 41.9 Å². The van der Waals surface area contributed by atoms with E-state index in [9.17, 15) is 4.79 Å². The molecule has 1 saturated heterocycles. The van der Waals surface area contributed by atoms with Crippen LogP contribution in [0.1, 0.15) is 45.3 Å². The Morgan fingerprint density at radius 2 is 1.93 bits per heavy atom. The Balaban J connectivity index is 1.69. The van der Waals surface area contributed by atoms with Crippen molar-refractivity contribution in [3.63, 3.8) is 0 Å². The van der Waals surface area contributed by atoms with Crippen LogP contribution in [0.3, 0.4) is 0 Å². The maximum absolute atomic E-state index is 12.1. The van der Waals surface area contributed by atoms with Crippen LogP contribution in [0.5, 0.6) is 0 Å². The van der Waals surface area contributed by atoms with E-state index in [0.29, 0.717) is 32.8 Å². The number of tetrazole rings is 1. The predicted molar refractivity (Wildman–Crippen MR) is 111 cm³/mol. The van der Waals surface area contributed by atoms with E-state index in [4.69, 9.17) is 9.15 Å². The van der Waals surface area contributed by atoms with Crippen LogP contribution < -0.4 is 0 Å². The summed E-state index contributed by atoms with van der Waals surface area (Å²) in [6.45, 7) is 10.9. The molecule has 3 aromatic rings. The van der Waals surface area contributed by atoms with E-state index in [1.165, 1.54) is 0 Å². The summed E-state index contributed by atoms with van der Waals surface area (Å²) in [5, 5.41) is 13.6. The molecule has 0 spiro atoms. The second-order valence-electron chi connectivity index (χ2n) is 8.43. The number of benzene rings is 1. The van der Waals surface area contributed by atoms with E-state index < -0.39 is 0 Å². The molecule has 1 unspecified atom stereocenters. The number of rotatable bonds is 4. The number of hydrogen-bond acceptors (Lipinski definition) is 7. The highest BCUT2D eigenvalue weighted by Gasteiger charge is 2.36. The third kappa shape index (κ3) is 3.89. The number of aromatic nitrogens is 4. The molecule has 1 atom stereocenters. The molecule has 2 aromatic heterocycles. The third-order valence-electron chi connectivity index (χ3n) is 5.29. The van der Waals surface area contributed by atoms with Gasteiger partial charge in [-0.15, -0.1) is 5.10 Å². The predicted octanol–water partition coefficient (Wildman–Crippen LogP) is 3.04. The third-order valence-corrected chi connectivity index (χ3v) is 5.29. The summed E-state index contributed by atoms with van der Waals surface area (Å²) in [7, 11) is 0. The molecular formula is C21H28N6O3. The number of carbonyl (C=O) groups is 1. The fourth-order valence-corrected chi connectivity index (χ4v) is 3.83. The van der Waals surface area contributed by atoms with E-state index in [1.54, 1.807) is 4.90 Å². The standard InChI is InChI=1S/C21H28N6O3/c1-5-29-20(28)26-12-10-25(11-13-26)18(19-22-23-24-27(19)21(2,3)4)17-14-15-8-6-7-9-16(15)30-17/h6-9,14,18H,5,10-13H2,1-4H3. The molecule has 1 amide bonds. The van der Waals surface area contributed by atoms with E-state index in [1.807, 2.05) is 35.9 Å². The summed E-state index contributed by atoms with van der Waals surface area (Å²) in [6, 6.07) is 9.75. The summed E-state index contributed by atoms with van der Waals surface area (Å²) < 4.78 is 13.2. The van der Waals surface area contributed by atoms with Crippen LogP contribution in [-0.4, -0.2) is 68.9 Å². The zero-order valence-electron chi connectivity index (χ0n) is 17.9. The molecule has 1 aliphatic rings. The van der Waals surface area contributed by atoms with Crippen molar-refractivity contribution >= 4 is 17.1 Å². The fraction of sp³-hybridized carbons (Fsp3) is 0.524. The van der Waals surface area contributed by atoms with E-state index in [2.05, 4.69) is 47.3 Å². The highest BCUT2D eigenvalue weighted by Crippen LogP contribution is 2.34. The zero-order chi connectivity index (χ0) is 21.3. The molecule has 4 rings (SSSR count). The van der Waals surface area contributed by atoms with Gasteiger partial charge in [0.1, 0.15) is 17.4 Å². The Morgan fingerprint density at radius 1 is 1.20 bits per heavy atom. The summed E-state index contributed by atoms with van der Waals surface area (Å²) in [4.78, 5) is 16.1. The van der Waals surface area contributed by atoms with Gasteiger partial charge < -0.3 is 14.1 Å². The minimum absolute atomic E-state index is 0.254. The lowest BCUT2D eigenvalue weighted by Crippen LogP contribution is -2.50. The fourth-order valence-electron chi connectivity index (χ4n) is 3.83. The molecule has 1 aliphatic heterocycles. The van der Waals surface area contributed by atoms with Gasteiger partial charge in [0, 0.05) is 31.6 Å². The molecule has 1 fully saturated rings. The molecule has 1 aromatic carbocycles. The van der Waals surface area contributed by atoms with Crippen molar-refractivity contribution in [2.24, 2.45) is 0 Å². The lowest BCUT2D eigenvalue weighted by Gasteiger charge is -2.38. The van der Waals surface area contributed by atoms with E-state index >= 15 is 0 Å². The van der Waals surface area contributed by atoms with Gasteiger partial charge in [-0.2, -0.15) is 0 Å². The molecule has 0 aliphatic carbocycles. The topological polar surface area (TPSA) is 89.5 Å². The lowest BCUT2D eigenvalue weighted by molar-refractivity contribution is 0.0660. The van der Waals surface area contributed by atoms with Gasteiger partial charge >= 0.3 is 6.09 Å². The number of fused-ring (bicyclic) bond motifs is 1. The van der Waals surface area contributed by atoms with Gasteiger partial charge in [-0.25, -0.2) is 9.48 Å². The number of furan rings is 1. The van der Waals surface area contributed by atoms with Gasteiger partial charge in [-0.1, -0.05) is 18.2 Å². The lowest BCUT2D eigenvalue weighted by atomic mass is 10.1. The summed E-state index contributed by atoms with van der Waals surface area (Å²) in [5.41, 5.74) is 0.549. The molecule has 0 radical (unpaired) electrons. The number of para-hydroxylation sites is 1. The van der Waals surface area contributed by atoms with Gasteiger partial charge in [0.15, 0.2) is 5.82 Å². The SMILES string of the molecule is CCOC(=O)N1CCN(C(c2cc3ccccc3o2)c2nnnn2C(C)(C)C)CC1. The second kappa shape index (κ2) is 8.06. The quantitative estimate of drug-likeness (QED) is 0.651. The first-order valence-corrected chi connectivity index (χ1v) is 10.3. The van der Waals surface area contributed by atoms with Crippen LogP contribution in [0, 0.1) is 0 Å². The van der Waals surface area contributed by atoms with Crippen LogP contribution in [-0.2, 0) is 10.3 Å². The minimum Gasteiger partial charge on any atom is -0.459 e. The van der Waals surface area contributed by atoms with Crippen LogP contribution >= 0.6 is 0 Å². The summed E-state index contributed by atoms with van der Waals surface area (Å²) >= 11 is 0. The first kappa shape index (κ1) is 20.3. The molecule has 0 bridgehead atoms. The van der Waals surface area contributed by atoms with Crippen molar-refractivity contribution in [2.75, 3.05) is 32.8 Å². The Morgan fingerprint density at radius 3 is 2.60 bits per heavy atom. The normalized spacial score (nSPS) is 16.7. The van der Waals surface area contributed by atoms with Crippen molar-refractivity contribution in [1.29, 1.82) is 0 Å². The number of carbonyl (C=O) groups excluding carboxylic acids is 1.